The van der Waals surface area contributed by atoms with Crippen LogP contribution in [0.3, 0.4) is 0 Å². The van der Waals surface area contributed by atoms with E-state index in [4.69, 9.17) is 0 Å². The number of carbonyl (C=O) groups excluding carboxylic acids is 1. The zero-order valence-corrected chi connectivity index (χ0v) is 13.4. The van der Waals surface area contributed by atoms with Crippen molar-refractivity contribution in [2.75, 3.05) is 26.2 Å². The van der Waals surface area contributed by atoms with Gasteiger partial charge < -0.3 is 10.2 Å². The zero-order valence-electron chi connectivity index (χ0n) is 12.6. The summed E-state index contributed by atoms with van der Waals surface area (Å²) < 4.78 is 0. The van der Waals surface area contributed by atoms with E-state index in [1.54, 1.807) is 0 Å². The van der Waals surface area contributed by atoms with Crippen molar-refractivity contribution in [3.8, 4) is 0 Å². The highest BCUT2D eigenvalue weighted by atomic mass is 35.5. The molecule has 1 aliphatic heterocycles. The first-order chi connectivity index (χ1) is 8.77. The van der Waals surface area contributed by atoms with Gasteiger partial charge in [-0.15, -0.1) is 12.4 Å². The molecule has 4 heteroatoms. The van der Waals surface area contributed by atoms with Crippen LogP contribution in [0.2, 0.25) is 0 Å². The Morgan fingerprint density at radius 1 is 1.21 bits per heavy atom. The Bertz CT molecular complexity index is 222. The SMILES string of the molecule is CCCCN(CCCC)C(=O)CCC1CCNC1.Cl. The minimum Gasteiger partial charge on any atom is -0.343 e. The minimum absolute atomic E-state index is 0. The molecule has 1 unspecified atom stereocenters. The fourth-order valence-electron chi connectivity index (χ4n) is 2.51. The lowest BCUT2D eigenvalue weighted by atomic mass is 10.0. The summed E-state index contributed by atoms with van der Waals surface area (Å²) in [5.41, 5.74) is 0. The van der Waals surface area contributed by atoms with Crippen LogP contribution in [0.1, 0.15) is 58.8 Å². The molecule has 1 fully saturated rings. The molecule has 1 saturated heterocycles. The van der Waals surface area contributed by atoms with Gasteiger partial charge in [-0.05, 0) is 44.7 Å². The van der Waals surface area contributed by atoms with Crippen LogP contribution in [0.15, 0.2) is 0 Å². The Morgan fingerprint density at radius 2 is 1.84 bits per heavy atom. The van der Waals surface area contributed by atoms with E-state index in [1.165, 1.54) is 19.3 Å². The van der Waals surface area contributed by atoms with Gasteiger partial charge in [-0.2, -0.15) is 0 Å². The second-order valence-corrected chi connectivity index (χ2v) is 5.49. The number of carbonyl (C=O) groups is 1. The summed E-state index contributed by atoms with van der Waals surface area (Å²) in [5, 5.41) is 3.37. The summed E-state index contributed by atoms with van der Waals surface area (Å²) in [5.74, 6) is 1.11. The summed E-state index contributed by atoms with van der Waals surface area (Å²) in [6.45, 7) is 8.53. The number of hydrogen-bond acceptors (Lipinski definition) is 2. The van der Waals surface area contributed by atoms with E-state index in [-0.39, 0.29) is 12.4 Å². The van der Waals surface area contributed by atoms with E-state index in [1.807, 2.05) is 0 Å². The predicted octanol–water partition coefficient (Wildman–Crippen LogP) is 3.23. The standard InChI is InChI=1S/C15H30N2O.ClH/c1-3-5-11-17(12-6-4-2)15(18)8-7-14-9-10-16-13-14;/h14,16H,3-13H2,1-2H3;1H. The Kier molecular flexibility index (Phi) is 11.4. The first-order valence-electron chi connectivity index (χ1n) is 7.76. The molecule has 0 bridgehead atoms. The van der Waals surface area contributed by atoms with E-state index in [2.05, 4.69) is 24.1 Å². The van der Waals surface area contributed by atoms with Crippen LogP contribution in [-0.2, 0) is 4.79 Å². The molecule has 19 heavy (non-hydrogen) atoms. The fourth-order valence-corrected chi connectivity index (χ4v) is 2.51. The molecule has 0 saturated carbocycles. The Hall–Kier alpha value is -0.280. The summed E-state index contributed by atoms with van der Waals surface area (Å²) >= 11 is 0. The van der Waals surface area contributed by atoms with Gasteiger partial charge in [0.25, 0.3) is 0 Å². The van der Waals surface area contributed by atoms with Crippen LogP contribution in [-0.4, -0.2) is 37.0 Å². The smallest absolute Gasteiger partial charge is 0.222 e. The van der Waals surface area contributed by atoms with Crippen LogP contribution in [0.4, 0.5) is 0 Å². The van der Waals surface area contributed by atoms with Crippen molar-refractivity contribution >= 4 is 18.3 Å². The molecule has 1 rings (SSSR count). The maximum Gasteiger partial charge on any atom is 0.222 e. The predicted molar refractivity (Wildman–Crippen MR) is 83.9 cm³/mol. The van der Waals surface area contributed by atoms with Crippen LogP contribution in [0.5, 0.6) is 0 Å². The quantitative estimate of drug-likeness (QED) is 0.707. The monoisotopic (exact) mass is 290 g/mol. The van der Waals surface area contributed by atoms with Crippen molar-refractivity contribution in [2.45, 2.75) is 58.8 Å². The van der Waals surface area contributed by atoms with E-state index in [0.717, 1.165) is 57.8 Å². The summed E-state index contributed by atoms with van der Waals surface area (Å²) in [7, 11) is 0. The van der Waals surface area contributed by atoms with Crippen molar-refractivity contribution in [1.82, 2.24) is 10.2 Å². The molecule has 0 spiro atoms. The number of rotatable bonds is 9. The molecule has 0 radical (unpaired) electrons. The number of halogens is 1. The molecule has 0 aromatic heterocycles. The molecule has 1 heterocycles. The minimum atomic E-state index is 0. The van der Waals surface area contributed by atoms with Gasteiger partial charge in [0.05, 0.1) is 0 Å². The normalized spacial score (nSPS) is 18.1. The molecule has 114 valence electrons. The van der Waals surface area contributed by atoms with Crippen LogP contribution in [0.25, 0.3) is 0 Å². The molecule has 1 aliphatic rings. The maximum atomic E-state index is 12.2. The van der Waals surface area contributed by atoms with Gasteiger partial charge in [-0.1, -0.05) is 26.7 Å². The molecule has 0 aromatic carbocycles. The molecule has 0 aromatic rings. The van der Waals surface area contributed by atoms with E-state index in [0.29, 0.717) is 5.91 Å². The number of nitrogens with one attached hydrogen (secondary N) is 1. The number of unbranched alkanes of at least 4 members (excludes halogenated alkanes) is 2. The topological polar surface area (TPSA) is 32.3 Å². The van der Waals surface area contributed by atoms with Gasteiger partial charge >= 0.3 is 0 Å². The molecular weight excluding hydrogens is 260 g/mol. The number of hydrogen-bond donors (Lipinski definition) is 1. The summed E-state index contributed by atoms with van der Waals surface area (Å²) in [6.07, 6.45) is 7.68. The van der Waals surface area contributed by atoms with Crippen LogP contribution in [0, 0.1) is 5.92 Å². The third-order valence-electron chi connectivity index (χ3n) is 3.84. The van der Waals surface area contributed by atoms with Gasteiger partial charge in [-0.25, -0.2) is 0 Å². The molecule has 1 atom stereocenters. The molecule has 0 aliphatic carbocycles. The molecule has 3 nitrogen and oxygen atoms in total. The average Bonchev–Trinajstić information content (AvgIpc) is 2.89. The first-order valence-corrected chi connectivity index (χ1v) is 7.76. The van der Waals surface area contributed by atoms with Gasteiger partial charge in [0.1, 0.15) is 0 Å². The average molecular weight is 291 g/mol. The van der Waals surface area contributed by atoms with Crippen molar-refractivity contribution in [3.63, 3.8) is 0 Å². The zero-order chi connectivity index (χ0) is 13.2. The van der Waals surface area contributed by atoms with Crippen molar-refractivity contribution in [2.24, 2.45) is 5.92 Å². The van der Waals surface area contributed by atoms with Crippen molar-refractivity contribution in [3.05, 3.63) is 0 Å². The van der Waals surface area contributed by atoms with Gasteiger partial charge in [-0.3, -0.25) is 4.79 Å². The van der Waals surface area contributed by atoms with E-state index < -0.39 is 0 Å². The second kappa shape index (κ2) is 11.5. The highest BCUT2D eigenvalue weighted by Crippen LogP contribution is 2.15. The Morgan fingerprint density at radius 3 is 2.32 bits per heavy atom. The lowest BCUT2D eigenvalue weighted by Crippen LogP contribution is -2.33. The van der Waals surface area contributed by atoms with E-state index >= 15 is 0 Å². The highest BCUT2D eigenvalue weighted by molar-refractivity contribution is 5.85. The van der Waals surface area contributed by atoms with Crippen molar-refractivity contribution < 1.29 is 4.79 Å². The van der Waals surface area contributed by atoms with Gasteiger partial charge in [0.2, 0.25) is 5.91 Å². The lowest BCUT2D eigenvalue weighted by molar-refractivity contribution is -0.131. The number of amides is 1. The molecular formula is C15H31ClN2O. The second-order valence-electron chi connectivity index (χ2n) is 5.49. The van der Waals surface area contributed by atoms with Gasteiger partial charge in [0.15, 0.2) is 0 Å². The van der Waals surface area contributed by atoms with Crippen LogP contribution >= 0.6 is 12.4 Å². The van der Waals surface area contributed by atoms with Gasteiger partial charge in [0, 0.05) is 19.5 Å². The van der Waals surface area contributed by atoms with Crippen LogP contribution < -0.4 is 5.32 Å². The fraction of sp³-hybridized carbons (Fsp3) is 0.933. The third kappa shape index (κ3) is 7.78. The maximum absolute atomic E-state index is 12.2. The largest absolute Gasteiger partial charge is 0.343 e. The van der Waals surface area contributed by atoms with Crippen molar-refractivity contribution in [1.29, 1.82) is 0 Å². The molecule has 1 amide bonds. The summed E-state index contributed by atoms with van der Waals surface area (Å²) in [4.78, 5) is 14.3. The first kappa shape index (κ1) is 18.7. The Labute approximate surface area is 124 Å². The molecule has 1 N–H and O–H groups in total. The lowest BCUT2D eigenvalue weighted by Gasteiger charge is -2.23. The Balaban J connectivity index is 0.00000324. The summed E-state index contributed by atoms with van der Waals surface area (Å²) in [6, 6.07) is 0. The number of nitrogens with zero attached hydrogens (tertiary/aromatic N) is 1. The highest BCUT2D eigenvalue weighted by Gasteiger charge is 2.18. The van der Waals surface area contributed by atoms with E-state index in [9.17, 15) is 4.79 Å². The third-order valence-corrected chi connectivity index (χ3v) is 3.84.